The number of nitrogens with one attached hydrogen (secondary N) is 1. The largest absolute Gasteiger partial charge is 0.504 e. The van der Waals surface area contributed by atoms with Gasteiger partial charge < -0.3 is 25.1 Å². The highest BCUT2D eigenvalue weighted by molar-refractivity contribution is 5.79. The molecule has 0 aliphatic carbocycles. The topological polar surface area (TPSA) is 154 Å². The van der Waals surface area contributed by atoms with Gasteiger partial charge in [0.2, 0.25) is 11.8 Å². The first-order valence-electron chi connectivity index (χ1n) is 11.8. The lowest BCUT2D eigenvalue weighted by molar-refractivity contribution is -0.121. The minimum Gasteiger partial charge on any atom is -0.504 e. The Labute approximate surface area is 215 Å². The average Bonchev–Trinajstić information content (AvgIpc) is 2.90. The molecule has 38 heavy (non-hydrogen) atoms. The molecule has 10 heteroatoms. The molecule has 0 saturated heterocycles. The number of fused-ring (bicyclic) bond motifs is 2. The van der Waals surface area contributed by atoms with E-state index in [1.165, 1.54) is 29.0 Å². The molecule has 5 rings (SSSR count). The number of carbonyl (C=O) groups is 1. The van der Waals surface area contributed by atoms with E-state index < -0.39 is 28.7 Å². The minimum atomic E-state index is -1.15. The predicted octanol–water partition coefficient (Wildman–Crippen LogP) is 2.80. The van der Waals surface area contributed by atoms with Crippen molar-refractivity contribution < 1.29 is 24.5 Å². The highest BCUT2D eigenvalue weighted by atomic mass is 16.3. The van der Waals surface area contributed by atoms with Crippen molar-refractivity contribution in [3.8, 4) is 17.4 Å². The predicted molar refractivity (Wildman–Crippen MR) is 139 cm³/mol. The quantitative estimate of drug-likeness (QED) is 0.242. The summed E-state index contributed by atoms with van der Waals surface area (Å²) in [5.74, 6) is -2.72. The van der Waals surface area contributed by atoms with Crippen molar-refractivity contribution in [2.45, 2.75) is 18.8 Å². The molecule has 3 heterocycles. The fourth-order valence-electron chi connectivity index (χ4n) is 4.43. The van der Waals surface area contributed by atoms with Gasteiger partial charge in [0, 0.05) is 30.6 Å². The SMILES string of the molecule is O=C(C[C@@H](c1coc2ccccc2c1=O)c1c(O)nc2ccccn2c1=O)NCCc1ccc(O)c(O)c1. The Bertz CT molecular complexity index is 1790. The van der Waals surface area contributed by atoms with Gasteiger partial charge in [-0.15, -0.1) is 0 Å². The van der Waals surface area contributed by atoms with Gasteiger partial charge in [0.05, 0.1) is 17.2 Å². The standard InChI is InChI=1S/C28H23N3O7/c32-20-9-8-16(13-21(20)33)10-11-29-24(34)14-18(19-15-38-22-6-2-1-5-17(22)26(19)35)25-27(36)30-23-7-3-4-12-31(23)28(25)37/h1-9,12-13,15,18,32-33,36H,10-11,14H2,(H,29,34)/t18-/m0/s1. The number of rotatable bonds is 7. The Balaban J connectivity index is 1.51. The van der Waals surface area contributed by atoms with Crippen LogP contribution in [0.2, 0.25) is 0 Å². The number of benzene rings is 2. The normalized spacial score (nSPS) is 12.0. The second kappa shape index (κ2) is 10.1. The smallest absolute Gasteiger partial charge is 0.265 e. The second-order valence-corrected chi connectivity index (χ2v) is 8.78. The van der Waals surface area contributed by atoms with Crippen LogP contribution in [0, 0.1) is 0 Å². The summed E-state index contributed by atoms with van der Waals surface area (Å²) in [6, 6.07) is 15.8. The number of pyridine rings is 1. The third kappa shape index (κ3) is 4.66. The van der Waals surface area contributed by atoms with E-state index in [1.54, 1.807) is 48.5 Å². The molecule has 0 fully saturated rings. The Morgan fingerprint density at radius 3 is 2.61 bits per heavy atom. The molecule has 192 valence electrons. The Kier molecular flexibility index (Phi) is 6.53. The van der Waals surface area contributed by atoms with Crippen LogP contribution in [0.15, 0.2) is 87.1 Å². The van der Waals surface area contributed by atoms with Crippen LogP contribution in [-0.2, 0) is 11.2 Å². The van der Waals surface area contributed by atoms with Gasteiger partial charge in [-0.3, -0.25) is 18.8 Å². The molecule has 10 nitrogen and oxygen atoms in total. The summed E-state index contributed by atoms with van der Waals surface area (Å²) < 4.78 is 6.88. The van der Waals surface area contributed by atoms with Crippen molar-refractivity contribution in [1.29, 1.82) is 0 Å². The van der Waals surface area contributed by atoms with E-state index in [9.17, 15) is 29.7 Å². The third-order valence-electron chi connectivity index (χ3n) is 6.34. The monoisotopic (exact) mass is 513 g/mol. The molecule has 0 aliphatic heterocycles. The zero-order valence-corrected chi connectivity index (χ0v) is 20.0. The number of hydrogen-bond donors (Lipinski definition) is 4. The van der Waals surface area contributed by atoms with Gasteiger partial charge in [0.15, 0.2) is 16.9 Å². The molecule has 1 atom stereocenters. The van der Waals surface area contributed by atoms with Gasteiger partial charge in [-0.1, -0.05) is 24.3 Å². The van der Waals surface area contributed by atoms with Crippen LogP contribution in [0.1, 0.15) is 29.0 Å². The molecule has 0 radical (unpaired) electrons. The van der Waals surface area contributed by atoms with E-state index in [-0.39, 0.29) is 46.6 Å². The van der Waals surface area contributed by atoms with Crippen molar-refractivity contribution in [3.63, 3.8) is 0 Å². The fraction of sp³-hybridized carbons (Fsp3) is 0.143. The Hall–Kier alpha value is -5.12. The van der Waals surface area contributed by atoms with E-state index in [1.807, 2.05) is 0 Å². The first-order chi connectivity index (χ1) is 18.3. The molecule has 4 N–H and O–H groups in total. The second-order valence-electron chi connectivity index (χ2n) is 8.78. The average molecular weight is 514 g/mol. The maximum atomic E-state index is 13.4. The molecule has 0 saturated carbocycles. The van der Waals surface area contributed by atoms with Gasteiger partial charge in [-0.05, 0) is 48.4 Å². The summed E-state index contributed by atoms with van der Waals surface area (Å²) in [6.07, 6.45) is 2.71. The van der Waals surface area contributed by atoms with Crippen molar-refractivity contribution in [3.05, 3.63) is 110 Å². The Morgan fingerprint density at radius 2 is 1.79 bits per heavy atom. The number of hydrogen-bond acceptors (Lipinski definition) is 8. The van der Waals surface area contributed by atoms with Crippen LogP contribution in [0.25, 0.3) is 16.6 Å². The number of amides is 1. The van der Waals surface area contributed by atoms with E-state index in [0.717, 1.165) is 0 Å². The maximum Gasteiger partial charge on any atom is 0.265 e. The molecule has 3 aromatic heterocycles. The number of nitrogens with zero attached hydrogens (tertiary/aromatic N) is 2. The van der Waals surface area contributed by atoms with Gasteiger partial charge in [-0.25, -0.2) is 0 Å². The van der Waals surface area contributed by atoms with Gasteiger partial charge in [0.25, 0.3) is 5.56 Å². The lowest BCUT2D eigenvalue weighted by Gasteiger charge is -2.18. The highest BCUT2D eigenvalue weighted by Gasteiger charge is 2.29. The van der Waals surface area contributed by atoms with Gasteiger partial charge >= 0.3 is 0 Å². The molecule has 2 aromatic carbocycles. The van der Waals surface area contributed by atoms with E-state index in [2.05, 4.69) is 10.3 Å². The first-order valence-corrected chi connectivity index (χ1v) is 11.8. The number of aromatic hydroxyl groups is 3. The molecular formula is C28H23N3O7. The zero-order valence-electron chi connectivity index (χ0n) is 20.0. The van der Waals surface area contributed by atoms with Crippen LogP contribution in [0.4, 0.5) is 0 Å². The van der Waals surface area contributed by atoms with Gasteiger partial charge in [-0.2, -0.15) is 4.98 Å². The van der Waals surface area contributed by atoms with Crippen LogP contribution in [-0.4, -0.2) is 37.2 Å². The Morgan fingerprint density at radius 1 is 1.00 bits per heavy atom. The molecule has 0 bridgehead atoms. The number of para-hydroxylation sites is 1. The first kappa shape index (κ1) is 24.6. The van der Waals surface area contributed by atoms with Crippen LogP contribution < -0.4 is 16.3 Å². The minimum absolute atomic E-state index is 0.0346. The molecule has 0 aliphatic rings. The summed E-state index contributed by atoms with van der Waals surface area (Å²) >= 11 is 0. The van der Waals surface area contributed by atoms with Crippen molar-refractivity contribution >= 4 is 22.5 Å². The van der Waals surface area contributed by atoms with E-state index in [0.29, 0.717) is 17.6 Å². The molecule has 1 amide bonds. The summed E-state index contributed by atoms with van der Waals surface area (Å²) in [7, 11) is 0. The highest BCUT2D eigenvalue weighted by Crippen LogP contribution is 2.30. The summed E-state index contributed by atoms with van der Waals surface area (Å²) in [6.45, 7) is 0.184. The fourth-order valence-corrected chi connectivity index (χ4v) is 4.43. The van der Waals surface area contributed by atoms with Gasteiger partial charge in [0.1, 0.15) is 11.2 Å². The third-order valence-corrected chi connectivity index (χ3v) is 6.34. The van der Waals surface area contributed by atoms with E-state index >= 15 is 0 Å². The van der Waals surface area contributed by atoms with Crippen molar-refractivity contribution in [1.82, 2.24) is 14.7 Å². The lowest BCUT2D eigenvalue weighted by atomic mass is 9.89. The van der Waals surface area contributed by atoms with Crippen molar-refractivity contribution in [2.75, 3.05) is 6.54 Å². The molecule has 0 spiro atoms. The zero-order chi connectivity index (χ0) is 26.8. The summed E-state index contributed by atoms with van der Waals surface area (Å²) in [4.78, 5) is 44.0. The van der Waals surface area contributed by atoms with Crippen LogP contribution in [0.3, 0.4) is 0 Å². The number of aromatic nitrogens is 2. The van der Waals surface area contributed by atoms with Crippen LogP contribution in [0.5, 0.6) is 17.4 Å². The maximum absolute atomic E-state index is 13.4. The number of phenolic OH excluding ortho intramolecular Hbond substituents is 2. The summed E-state index contributed by atoms with van der Waals surface area (Å²) in [5.41, 5.74) is 0.0345. The van der Waals surface area contributed by atoms with Crippen molar-refractivity contribution in [2.24, 2.45) is 0 Å². The molecule has 0 unspecified atom stereocenters. The lowest BCUT2D eigenvalue weighted by Crippen LogP contribution is -2.31. The molecule has 5 aromatic rings. The summed E-state index contributed by atoms with van der Waals surface area (Å²) in [5, 5.41) is 32.9. The number of phenols is 2. The van der Waals surface area contributed by atoms with E-state index in [4.69, 9.17) is 4.42 Å². The number of carbonyl (C=O) groups excluding carboxylic acids is 1. The van der Waals surface area contributed by atoms with Crippen LogP contribution >= 0.6 is 0 Å². The molecular weight excluding hydrogens is 490 g/mol.